The summed E-state index contributed by atoms with van der Waals surface area (Å²) in [6, 6.07) is 8.71. The van der Waals surface area contributed by atoms with E-state index in [4.69, 9.17) is 0 Å². The molecule has 0 saturated carbocycles. The largest absolute Gasteiger partial charge is 0.0776 e. The molecule has 1 aromatic rings. The molecule has 0 bridgehead atoms. The van der Waals surface area contributed by atoms with Gasteiger partial charge in [-0.25, -0.2) is 0 Å². The van der Waals surface area contributed by atoms with Crippen LogP contribution in [0.15, 0.2) is 54.1 Å². The van der Waals surface area contributed by atoms with E-state index in [9.17, 15) is 0 Å². The second kappa shape index (κ2) is 7.78. The fraction of sp³-hybridized carbons (Fsp3) is 0.368. The number of rotatable bonds is 0. The molecule has 19 heavy (non-hydrogen) atoms. The van der Waals surface area contributed by atoms with Crippen LogP contribution in [0.2, 0.25) is 0 Å². The molecule has 0 nitrogen and oxygen atoms in total. The molecule has 0 N–H and O–H groups in total. The van der Waals surface area contributed by atoms with Gasteiger partial charge >= 0.3 is 0 Å². The van der Waals surface area contributed by atoms with Crippen molar-refractivity contribution in [3.8, 4) is 0 Å². The number of allylic oxidation sites excluding steroid dienone is 6. The van der Waals surface area contributed by atoms with E-state index in [1.54, 1.807) is 0 Å². The van der Waals surface area contributed by atoms with Crippen molar-refractivity contribution in [2.75, 3.05) is 0 Å². The summed E-state index contributed by atoms with van der Waals surface area (Å²) in [6.07, 6.45) is 10.2. The fourth-order valence-electron chi connectivity index (χ4n) is 2.34. The van der Waals surface area contributed by atoms with Gasteiger partial charge in [0.15, 0.2) is 0 Å². The highest BCUT2D eigenvalue weighted by molar-refractivity contribution is 5.85. The molecule has 0 heteroatoms. The first kappa shape index (κ1) is 15.5. The van der Waals surface area contributed by atoms with Gasteiger partial charge < -0.3 is 0 Å². The van der Waals surface area contributed by atoms with Gasteiger partial charge in [-0.2, -0.15) is 0 Å². The summed E-state index contributed by atoms with van der Waals surface area (Å²) in [6.45, 7) is 10.2. The second-order valence-electron chi connectivity index (χ2n) is 4.35. The Hall–Kier alpha value is -1.56. The van der Waals surface area contributed by atoms with E-state index in [-0.39, 0.29) is 0 Å². The first-order chi connectivity index (χ1) is 9.34. The molecular formula is C19H26. The van der Waals surface area contributed by atoms with Crippen LogP contribution in [0.25, 0.3) is 5.57 Å². The molecule has 0 radical (unpaired) electrons. The zero-order chi connectivity index (χ0) is 14.3. The van der Waals surface area contributed by atoms with Gasteiger partial charge in [-0.1, -0.05) is 83.2 Å². The summed E-state index contributed by atoms with van der Waals surface area (Å²) >= 11 is 0. The van der Waals surface area contributed by atoms with E-state index < -0.39 is 0 Å². The Morgan fingerprint density at radius 1 is 0.895 bits per heavy atom. The molecule has 0 aromatic heterocycles. The van der Waals surface area contributed by atoms with Gasteiger partial charge in [-0.15, -0.1) is 0 Å². The van der Waals surface area contributed by atoms with Crippen LogP contribution in [0.4, 0.5) is 0 Å². The maximum absolute atomic E-state index is 2.29. The summed E-state index contributed by atoms with van der Waals surface area (Å²) in [5.74, 6) is 0.558. The Bertz CT molecular complexity index is 487. The maximum atomic E-state index is 2.29. The average molecular weight is 254 g/mol. The van der Waals surface area contributed by atoms with Crippen LogP contribution < -0.4 is 0 Å². The van der Waals surface area contributed by atoms with Crippen molar-refractivity contribution in [2.45, 2.75) is 41.0 Å². The lowest BCUT2D eigenvalue weighted by Crippen LogP contribution is -1.84. The molecule has 1 aromatic carbocycles. The first-order valence-corrected chi connectivity index (χ1v) is 7.52. The zero-order valence-electron chi connectivity index (χ0n) is 12.9. The first-order valence-electron chi connectivity index (χ1n) is 7.52. The van der Waals surface area contributed by atoms with Crippen LogP contribution in [-0.2, 0) is 6.42 Å². The van der Waals surface area contributed by atoms with E-state index in [2.05, 4.69) is 55.5 Å². The standard InChI is InChI=1S/C15H14.2C2H6/c1-11-6-8-13-10-12-4-2-3-5-14(12)15(13)9-7-11;2*1-2/h2-9,11H,10H2,1H3;2*1-2H3/t11-;;/m1../s1. The highest BCUT2D eigenvalue weighted by Crippen LogP contribution is 2.35. The van der Waals surface area contributed by atoms with Gasteiger partial charge in [-0.05, 0) is 34.6 Å². The van der Waals surface area contributed by atoms with Gasteiger partial charge in [-0.3, -0.25) is 0 Å². The molecule has 2 aliphatic rings. The molecule has 0 saturated heterocycles. The summed E-state index contributed by atoms with van der Waals surface area (Å²) in [4.78, 5) is 0. The Balaban J connectivity index is 0.000000415. The van der Waals surface area contributed by atoms with Crippen LogP contribution in [-0.4, -0.2) is 0 Å². The van der Waals surface area contributed by atoms with Crippen molar-refractivity contribution in [1.29, 1.82) is 0 Å². The molecule has 0 fully saturated rings. The number of hydrogen-bond donors (Lipinski definition) is 0. The van der Waals surface area contributed by atoms with Crippen LogP contribution >= 0.6 is 0 Å². The minimum Gasteiger partial charge on any atom is -0.0776 e. The van der Waals surface area contributed by atoms with Gasteiger partial charge in [0.25, 0.3) is 0 Å². The molecule has 0 spiro atoms. The highest BCUT2D eigenvalue weighted by Gasteiger charge is 2.18. The summed E-state index contributed by atoms with van der Waals surface area (Å²) in [5, 5.41) is 0. The van der Waals surface area contributed by atoms with Gasteiger partial charge in [0, 0.05) is 0 Å². The molecule has 1 atom stereocenters. The summed E-state index contributed by atoms with van der Waals surface area (Å²) in [7, 11) is 0. The van der Waals surface area contributed by atoms with Crippen LogP contribution in [0.1, 0.15) is 45.7 Å². The zero-order valence-corrected chi connectivity index (χ0v) is 12.9. The quantitative estimate of drug-likeness (QED) is 0.548. The normalized spacial score (nSPS) is 18.5. The van der Waals surface area contributed by atoms with Gasteiger partial charge in [0.05, 0.1) is 0 Å². The number of benzene rings is 1. The molecule has 102 valence electrons. The lowest BCUT2D eigenvalue weighted by atomic mass is 10.0. The molecule has 0 aliphatic heterocycles. The third-order valence-corrected chi connectivity index (χ3v) is 3.20. The lowest BCUT2D eigenvalue weighted by Gasteiger charge is -2.00. The highest BCUT2D eigenvalue weighted by atomic mass is 14.2. The van der Waals surface area contributed by atoms with E-state index in [0.29, 0.717) is 5.92 Å². The summed E-state index contributed by atoms with van der Waals surface area (Å²) < 4.78 is 0. The van der Waals surface area contributed by atoms with Crippen LogP contribution in [0.5, 0.6) is 0 Å². The summed E-state index contributed by atoms with van der Waals surface area (Å²) in [5.41, 5.74) is 5.77. The third kappa shape index (κ3) is 3.47. The van der Waals surface area contributed by atoms with Crippen molar-refractivity contribution >= 4 is 5.57 Å². The van der Waals surface area contributed by atoms with E-state index in [0.717, 1.165) is 6.42 Å². The lowest BCUT2D eigenvalue weighted by molar-refractivity contribution is 0.940. The predicted octanol–water partition coefficient (Wildman–Crippen LogP) is 5.81. The van der Waals surface area contributed by atoms with Crippen molar-refractivity contribution in [3.05, 3.63) is 65.3 Å². The van der Waals surface area contributed by atoms with Crippen molar-refractivity contribution in [2.24, 2.45) is 5.92 Å². The Labute approximate surface area is 118 Å². The minimum absolute atomic E-state index is 0.558. The van der Waals surface area contributed by atoms with Gasteiger partial charge in [0.2, 0.25) is 0 Å². The SMILES string of the molecule is CC.CC.C[C@@H]1C=CC2=C(C=C1)c1ccccc1C2. The van der Waals surface area contributed by atoms with E-state index in [1.807, 2.05) is 27.7 Å². The van der Waals surface area contributed by atoms with E-state index in [1.165, 1.54) is 22.3 Å². The Morgan fingerprint density at radius 2 is 1.53 bits per heavy atom. The van der Waals surface area contributed by atoms with Crippen molar-refractivity contribution in [3.63, 3.8) is 0 Å². The monoisotopic (exact) mass is 254 g/mol. The molecule has 2 aliphatic carbocycles. The van der Waals surface area contributed by atoms with Gasteiger partial charge in [0.1, 0.15) is 0 Å². The van der Waals surface area contributed by atoms with Crippen LogP contribution in [0, 0.1) is 5.92 Å². The van der Waals surface area contributed by atoms with Crippen LogP contribution in [0.3, 0.4) is 0 Å². The second-order valence-corrected chi connectivity index (χ2v) is 4.35. The molecule has 0 unspecified atom stereocenters. The van der Waals surface area contributed by atoms with Crippen molar-refractivity contribution < 1.29 is 0 Å². The number of hydrogen-bond acceptors (Lipinski definition) is 0. The minimum atomic E-state index is 0.558. The Kier molecular flexibility index (Phi) is 6.35. The third-order valence-electron chi connectivity index (χ3n) is 3.20. The molecule has 0 amide bonds. The smallest absolute Gasteiger partial charge is 0.00136 e. The van der Waals surface area contributed by atoms with E-state index >= 15 is 0 Å². The Morgan fingerprint density at radius 3 is 2.26 bits per heavy atom. The predicted molar refractivity (Wildman–Crippen MR) is 87.2 cm³/mol. The molecule has 0 heterocycles. The van der Waals surface area contributed by atoms with Crippen molar-refractivity contribution in [1.82, 2.24) is 0 Å². The average Bonchev–Trinajstić information content (AvgIpc) is 2.74. The molecule has 3 rings (SSSR count). The fourth-order valence-corrected chi connectivity index (χ4v) is 2.34. The maximum Gasteiger partial charge on any atom is -0.00136 e. The topological polar surface area (TPSA) is 0 Å². The molecular weight excluding hydrogens is 228 g/mol. The number of fused-ring (bicyclic) bond motifs is 2.